The van der Waals surface area contributed by atoms with Crippen LogP contribution in [0.15, 0.2) is 83.9 Å². The van der Waals surface area contributed by atoms with Crippen LogP contribution in [0, 0.1) is 6.92 Å². The van der Waals surface area contributed by atoms with Crippen LogP contribution in [0.3, 0.4) is 0 Å². The molecule has 1 aliphatic heterocycles. The van der Waals surface area contributed by atoms with Gasteiger partial charge in [0.15, 0.2) is 0 Å². The highest BCUT2D eigenvalue weighted by molar-refractivity contribution is 6.06. The van der Waals surface area contributed by atoms with Crippen molar-refractivity contribution in [3.63, 3.8) is 0 Å². The van der Waals surface area contributed by atoms with Crippen LogP contribution in [0.4, 0.5) is 5.69 Å². The number of fused-ring (bicyclic) bond motifs is 1. The summed E-state index contributed by atoms with van der Waals surface area (Å²) in [6.07, 6.45) is 8.56. The van der Waals surface area contributed by atoms with Crippen LogP contribution in [0.25, 0.3) is 0 Å². The molecule has 108 valence electrons. The number of rotatable bonds is 2. The predicted octanol–water partition coefficient (Wildman–Crippen LogP) is 4.45. The molecule has 1 heterocycles. The van der Waals surface area contributed by atoms with Crippen molar-refractivity contribution in [3.05, 3.63) is 90.0 Å². The molecule has 2 aliphatic rings. The Labute approximate surface area is 131 Å². The molecule has 2 aromatic rings. The van der Waals surface area contributed by atoms with Crippen LogP contribution in [0.2, 0.25) is 0 Å². The first-order valence-corrected chi connectivity index (χ1v) is 7.65. The van der Waals surface area contributed by atoms with Gasteiger partial charge in [-0.05, 0) is 36.3 Å². The normalized spacial score (nSPS) is 22.6. The molecule has 0 amide bonds. The summed E-state index contributed by atoms with van der Waals surface area (Å²) in [6.45, 7) is 2.13. The van der Waals surface area contributed by atoms with Crippen molar-refractivity contribution in [2.75, 3.05) is 4.90 Å². The molecule has 2 aromatic carbocycles. The van der Waals surface area contributed by atoms with E-state index in [1.807, 2.05) is 0 Å². The lowest BCUT2D eigenvalue weighted by molar-refractivity contribution is 0.696. The topological polar surface area (TPSA) is 15.6 Å². The minimum absolute atomic E-state index is 0.0374. The van der Waals surface area contributed by atoms with Crippen molar-refractivity contribution < 1.29 is 0 Å². The summed E-state index contributed by atoms with van der Waals surface area (Å²) >= 11 is 0. The fraction of sp³-hybridized carbons (Fsp3) is 0.150. The average molecular weight is 286 g/mol. The van der Waals surface area contributed by atoms with Gasteiger partial charge in [-0.15, -0.1) is 0 Å². The number of benzene rings is 2. The maximum Gasteiger partial charge on any atom is 0.148 e. The molecule has 4 rings (SSSR count). The molecule has 0 N–H and O–H groups in total. The molecule has 0 saturated heterocycles. The van der Waals surface area contributed by atoms with E-state index in [1.54, 1.807) is 0 Å². The molecule has 0 aromatic heterocycles. The minimum Gasteiger partial charge on any atom is -0.334 e. The van der Waals surface area contributed by atoms with Crippen molar-refractivity contribution in [2.45, 2.75) is 19.1 Å². The molecular weight excluding hydrogens is 268 g/mol. The van der Waals surface area contributed by atoms with Gasteiger partial charge in [0.1, 0.15) is 6.17 Å². The van der Waals surface area contributed by atoms with E-state index in [0.29, 0.717) is 0 Å². The van der Waals surface area contributed by atoms with Gasteiger partial charge in [-0.25, -0.2) is 0 Å². The van der Waals surface area contributed by atoms with Gasteiger partial charge in [0.05, 0.1) is 11.8 Å². The van der Waals surface area contributed by atoms with Gasteiger partial charge in [-0.2, -0.15) is 0 Å². The molecule has 0 bridgehead atoms. The third-order valence-electron chi connectivity index (χ3n) is 4.21. The summed E-state index contributed by atoms with van der Waals surface area (Å²) in [4.78, 5) is 7.37. The van der Waals surface area contributed by atoms with Crippen molar-refractivity contribution in [3.8, 4) is 0 Å². The van der Waals surface area contributed by atoms with E-state index >= 15 is 0 Å². The summed E-state index contributed by atoms with van der Waals surface area (Å²) in [7, 11) is 0. The van der Waals surface area contributed by atoms with Crippen LogP contribution in [0.1, 0.15) is 17.3 Å². The molecule has 1 aliphatic carbocycles. The van der Waals surface area contributed by atoms with E-state index in [9.17, 15) is 0 Å². The second kappa shape index (κ2) is 5.30. The fourth-order valence-electron chi connectivity index (χ4n) is 3.18. The summed E-state index contributed by atoms with van der Waals surface area (Å²) in [6, 6.07) is 19.4. The van der Waals surface area contributed by atoms with Crippen molar-refractivity contribution >= 4 is 11.4 Å². The van der Waals surface area contributed by atoms with Gasteiger partial charge in [-0.1, -0.05) is 60.7 Å². The van der Waals surface area contributed by atoms with Crippen molar-refractivity contribution in [1.29, 1.82) is 0 Å². The number of allylic oxidation sites excluding steroid dienone is 2. The molecule has 0 spiro atoms. The van der Waals surface area contributed by atoms with E-state index in [4.69, 9.17) is 4.99 Å². The zero-order chi connectivity index (χ0) is 14.9. The van der Waals surface area contributed by atoms with Gasteiger partial charge in [0, 0.05) is 5.69 Å². The van der Waals surface area contributed by atoms with E-state index in [1.165, 1.54) is 16.8 Å². The third-order valence-corrected chi connectivity index (χ3v) is 4.21. The zero-order valence-corrected chi connectivity index (χ0v) is 12.6. The molecule has 2 nitrogen and oxygen atoms in total. The molecule has 2 atom stereocenters. The van der Waals surface area contributed by atoms with Gasteiger partial charge in [0.25, 0.3) is 0 Å². The molecule has 2 heteroatoms. The number of hydrogen-bond acceptors (Lipinski definition) is 2. The standard InChI is InChI=1S/C20H18N2/c1-15-8-7-11-17(14-15)22-19-13-6-5-12-18(19)21-20(22)16-9-3-2-4-10-16/h2-14,19-20H,1H3. The second-order valence-corrected chi connectivity index (χ2v) is 5.77. The van der Waals surface area contributed by atoms with E-state index in [0.717, 1.165) is 5.71 Å². The highest BCUT2D eigenvalue weighted by Gasteiger charge is 2.35. The summed E-state index contributed by atoms with van der Waals surface area (Å²) in [5.74, 6) is 0. The van der Waals surface area contributed by atoms with Crippen LogP contribution < -0.4 is 4.90 Å². The zero-order valence-electron chi connectivity index (χ0n) is 12.6. The number of nitrogens with zero attached hydrogens (tertiary/aromatic N) is 2. The molecule has 0 saturated carbocycles. The Morgan fingerprint density at radius 2 is 1.82 bits per heavy atom. The monoisotopic (exact) mass is 286 g/mol. The Morgan fingerprint density at radius 1 is 0.955 bits per heavy atom. The van der Waals surface area contributed by atoms with Crippen molar-refractivity contribution in [1.82, 2.24) is 0 Å². The molecule has 2 unspecified atom stereocenters. The van der Waals surface area contributed by atoms with E-state index in [-0.39, 0.29) is 12.2 Å². The highest BCUT2D eigenvalue weighted by atomic mass is 15.3. The van der Waals surface area contributed by atoms with E-state index < -0.39 is 0 Å². The third kappa shape index (κ3) is 2.17. The van der Waals surface area contributed by atoms with E-state index in [2.05, 4.69) is 90.7 Å². The Morgan fingerprint density at radius 3 is 2.64 bits per heavy atom. The molecular formula is C20H18N2. The average Bonchev–Trinajstić information content (AvgIpc) is 2.95. The Kier molecular flexibility index (Phi) is 3.15. The number of anilines is 1. The molecule has 22 heavy (non-hydrogen) atoms. The predicted molar refractivity (Wildman–Crippen MR) is 92.3 cm³/mol. The van der Waals surface area contributed by atoms with Gasteiger partial charge in [-0.3, -0.25) is 4.99 Å². The van der Waals surface area contributed by atoms with Crippen LogP contribution in [-0.4, -0.2) is 11.8 Å². The first-order chi connectivity index (χ1) is 10.8. The lowest BCUT2D eigenvalue weighted by Gasteiger charge is -2.31. The summed E-state index contributed by atoms with van der Waals surface area (Å²) < 4.78 is 0. The SMILES string of the molecule is Cc1cccc(N2C3C=CC=CC3=NC2c2ccccc2)c1. The largest absolute Gasteiger partial charge is 0.334 e. The Hall–Kier alpha value is -2.61. The maximum atomic E-state index is 4.97. The first kappa shape index (κ1) is 13.1. The quantitative estimate of drug-likeness (QED) is 0.796. The lowest BCUT2D eigenvalue weighted by atomic mass is 10.0. The lowest BCUT2D eigenvalue weighted by Crippen LogP contribution is -2.35. The van der Waals surface area contributed by atoms with Crippen molar-refractivity contribution in [2.24, 2.45) is 4.99 Å². The Bertz CT molecular complexity index is 771. The Balaban J connectivity index is 1.82. The minimum atomic E-state index is 0.0374. The molecule has 0 fully saturated rings. The van der Waals surface area contributed by atoms with Gasteiger partial charge in [0.2, 0.25) is 0 Å². The number of aryl methyl sites for hydroxylation is 1. The van der Waals surface area contributed by atoms with Crippen LogP contribution in [0.5, 0.6) is 0 Å². The summed E-state index contributed by atoms with van der Waals surface area (Å²) in [5, 5.41) is 0. The highest BCUT2D eigenvalue weighted by Crippen LogP contribution is 2.37. The smallest absolute Gasteiger partial charge is 0.148 e. The number of aliphatic imine (C=N–C) groups is 1. The fourth-order valence-corrected chi connectivity index (χ4v) is 3.18. The summed E-state index contributed by atoms with van der Waals surface area (Å²) in [5.41, 5.74) is 4.86. The maximum absolute atomic E-state index is 4.97. The van der Waals surface area contributed by atoms with Crippen LogP contribution >= 0.6 is 0 Å². The second-order valence-electron chi connectivity index (χ2n) is 5.77. The van der Waals surface area contributed by atoms with Gasteiger partial charge < -0.3 is 4.90 Å². The van der Waals surface area contributed by atoms with Gasteiger partial charge >= 0.3 is 0 Å². The number of hydrogen-bond donors (Lipinski definition) is 0. The van der Waals surface area contributed by atoms with Crippen LogP contribution in [-0.2, 0) is 0 Å². The molecule has 0 radical (unpaired) electrons. The first-order valence-electron chi connectivity index (χ1n) is 7.65.